The van der Waals surface area contributed by atoms with E-state index in [9.17, 15) is 0 Å². The normalized spacial score (nSPS) is 27.3. The molecule has 1 fully saturated rings. The Morgan fingerprint density at radius 3 is 2.94 bits per heavy atom. The molecule has 1 aliphatic carbocycles. The third-order valence-electron chi connectivity index (χ3n) is 3.58. The minimum Gasteiger partial charge on any atom is -0.378 e. The van der Waals surface area contributed by atoms with Gasteiger partial charge in [-0.15, -0.1) is 0 Å². The Morgan fingerprint density at radius 1 is 1.50 bits per heavy atom. The second-order valence-electron chi connectivity index (χ2n) is 4.69. The van der Waals surface area contributed by atoms with Crippen molar-refractivity contribution in [3.8, 4) is 6.07 Å². The van der Waals surface area contributed by atoms with Crippen LogP contribution in [0.2, 0.25) is 0 Å². The molecule has 0 heterocycles. The molecule has 1 aliphatic rings. The van der Waals surface area contributed by atoms with Gasteiger partial charge in [-0.25, -0.2) is 0 Å². The Morgan fingerprint density at radius 2 is 2.31 bits per heavy atom. The number of hydrogen-bond donors (Lipinski definition) is 1. The fourth-order valence-corrected chi connectivity index (χ4v) is 2.39. The molecule has 0 aromatic rings. The van der Waals surface area contributed by atoms with Crippen LogP contribution in [0.5, 0.6) is 0 Å². The van der Waals surface area contributed by atoms with Crippen molar-refractivity contribution in [1.82, 2.24) is 5.32 Å². The Labute approximate surface area is 99.2 Å². The van der Waals surface area contributed by atoms with Gasteiger partial charge in [-0.1, -0.05) is 26.2 Å². The standard InChI is InChI=1S/C13H24N2O/c1-3-11-5-4-6-13(9-11)16-8-7-12(10-14)15-2/h11-13,15H,3-9H2,1-2H3. The van der Waals surface area contributed by atoms with Crippen molar-refractivity contribution in [1.29, 1.82) is 5.26 Å². The molecule has 3 heteroatoms. The Hall–Kier alpha value is -0.590. The first-order chi connectivity index (χ1) is 7.80. The van der Waals surface area contributed by atoms with Crippen LogP contribution in [-0.2, 0) is 4.74 Å². The summed E-state index contributed by atoms with van der Waals surface area (Å²) in [6.45, 7) is 2.97. The summed E-state index contributed by atoms with van der Waals surface area (Å²) in [6, 6.07) is 2.15. The molecule has 0 radical (unpaired) electrons. The van der Waals surface area contributed by atoms with Gasteiger partial charge in [-0.05, 0) is 32.2 Å². The molecule has 16 heavy (non-hydrogen) atoms. The highest BCUT2D eigenvalue weighted by Gasteiger charge is 2.21. The highest BCUT2D eigenvalue weighted by atomic mass is 16.5. The van der Waals surface area contributed by atoms with E-state index in [-0.39, 0.29) is 6.04 Å². The minimum absolute atomic E-state index is 0.0643. The quantitative estimate of drug-likeness (QED) is 0.754. The molecule has 1 saturated carbocycles. The molecule has 0 saturated heterocycles. The summed E-state index contributed by atoms with van der Waals surface area (Å²) in [5.74, 6) is 0.856. The van der Waals surface area contributed by atoms with Gasteiger partial charge >= 0.3 is 0 Å². The predicted molar refractivity (Wildman–Crippen MR) is 65.1 cm³/mol. The monoisotopic (exact) mass is 224 g/mol. The number of nitrogens with zero attached hydrogens (tertiary/aromatic N) is 1. The van der Waals surface area contributed by atoms with Gasteiger partial charge in [-0.3, -0.25) is 0 Å². The molecule has 3 atom stereocenters. The van der Waals surface area contributed by atoms with Crippen LogP contribution in [0.25, 0.3) is 0 Å². The van der Waals surface area contributed by atoms with Gasteiger partial charge in [0.2, 0.25) is 0 Å². The van der Waals surface area contributed by atoms with E-state index in [1.165, 1.54) is 32.1 Å². The van der Waals surface area contributed by atoms with Gasteiger partial charge in [-0.2, -0.15) is 5.26 Å². The third kappa shape index (κ3) is 4.51. The summed E-state index contributed by atoms with van der Waals surface area (Å²) in [5, 5.41) is 11.7. The van der Waals surface area contributed by atoms with E-state index < -0.39 is 0 Å². The van der Waals surface area contributed by atoms with Crippen LogP contribution in [0.15, 0.2) is 0 Å². The summed E-state index contributed by atoms with van der Waals surface area (Å²) in [5.41, 5.74) is 0. The molecular weight excluding hydrogens is 200 g/mol. The zero-order chi connectivity index (χ0) is 11.8. The number of hydrogen-bond acceptors (Lipinski definition) is 3. The van der Waals surface area contributed by atoms with Crippen LogP contribution < -0.4 is 5.32 Å². The lowest BCUT2D eigenvalue weighted by atomic mass is 9.85. The molecule has 1 rings (SSSR count). The highest BCUT2D eigenvalue weighted by Crippen LogP contribution is 2.28. The Balaban J connectivity index is 2.15. The predicted octanol–water partition coefficient (Wildman–Crippen LogP) is 2.47. The summed E-state index contributed by atoms with van der Waals surface area (Å²) >= 11 is 0. The second-order valence-corrected chi connectivity index (χ2v) is 4.69. The zero-order valence-corrected chi connectivity index (χ0v) is 10.5. The number of nitriles is 1. The Bertz CT molecular complexity index is 224. The molecule has 0 amide bonds. The molecule has 0 aromatic heterocycles. The topological polar surface area (TPSA) is 45.0 Å². The molecule has 0 bridgehead atoms. The van der Waals surface area contributed by atoms with Gasteiger partial charge in [0.05, 0.1) is 18.2 Å². The van der Waals surface area contributed by atoms with Crippen LogP contribution in [-0.4, -0.2) is 25.8 Å². The van der Waals surface area contributed by atoms with E-state index >= 15 is 0 Å². The van der Waals surface area contributed by atoms with Crippen LogP contribution >= 0.6 is 0 Å². The van der Waals surface area contributed by atoms with Crippen molar-refractivity contribution >= 4 is 0 Å². The zero-order valence-electron chi connectivity index (χ0n) is 10.5. The van der Waals surface area contributed by atoms with Crippen molar-refractivity contribution in [2.45, 2.75) is 57.6 Å². The van der Waals surface area contributed by atoms with Gasteiger partial charge < -0.3 is 10.1 Å². The third-order valence-corrected chi connectivity index (χ3v) is 3.58. The minimum atomic E-state index is -0.0643. The maximum Gasteiger partial charge on any atom is 0.0972 e. The average Bonchev–Trinajstić information content (AvgIpc) is 2.35. The lowest BCUT2D eigenvalue weighted by Crippen LogP contribution is -2.27. The first kappa shape index (κ1) is 13.5. The maximum atomic E-state index is 8.78. The van der Waals surface area contributed by atoms with Crippen LogP contribution in [0, 0.1) is 17.2 Å². The molecule has 92 valence electrons. The van der Waals surface area contributed by atoms with E-state index in [1.54, 1.807) is 0 Å². The van der Waals surface area contributed by atoms with E-state index in [4.69, 9.17) is 10.00 Å². The maximum absolute atomic E-state index is 8.78. The Kier molecular flexibility index (Phi) is 6.44. The van der Waals surface area contributed by atoms with E-state index in [0.29, 0.717) is 12.7 Å². The first-order valence-corrected chi connectivity index (χ1v) is 6.48. The van der Waals surface area contributed by atoms with Crippen molar-refractivity contribution in [2.75, 3.05) is 13.7 Å². The smallest absolute Gasteiger partial charge is 0.0972 e. The molecule has 1 N–H and O–H groups in total. The van der Waals surface area contributed by atoms with Crippen molar-refractivity contribution in [3.63, 3.8) is 0 Å². The van der Waals surface area contributed by atoms with Gasteiger partial charge in [0.25, 0.3) is 0 Å². The average molecular weight is 224 g/mol. The van der Waals surface area contributed by atoms with E-state index in [2.05, 4.69) is 18.3 Å². The fourth-order valence-electron chi connectivity index (χ4n) is 2.39. The number of nitrogens with one attached hydrogen (secondary N) is 1. The lowest BCUT2D eigenvalue weighted by Gasteiger charge is -2.28. The highest BCUT2D eigenvalue weighted by molar-refractivity contribution is 4.88. The molecular formula is C13H24N2O. The summed E-state index contributed by atoms with van der Waals surface area (Å²) in [6.07, 6.45) is 7.60. The van der Waals surface area contributed by atoms with Crippen LogP contribution in [0.3, 0.4) is 0 Å². The molecule has 0 spiro atoms. The fraction of sp³-hybridized carbons (Fsp3) is 0.923. The van der Waals surface area contributed by atoms with E-state index in [0.717, 1.165) is 12.3 Å². The largest absolute Gasteiger partial charge is 0.378 e. The molecule has 3 nitrogen and oxygen atoms in total. The first-order valence-electron chi connectivity index (χ1n) is 6.48. The summed E-state index contributed by atoms with van der Waals surface area (Å²) in [4.78, 5) is 0. The van der Waals surface area contributed by atoms with Crippen molar-refractivity contribution in [2.24, 2.45) is 5.92 Å². The lowest BCUT2D eigenvalue weighted by molar-refractivity contribution is 0.0100. The molecule has 3 unspecified atom stereocenters. The van der Waals surface area contributed by atoms with Gasteiger partial charge in [0.1, 0.15) is 0 Å². The van der Waals surface area contributed by atoms with Gasteiger partial charge in [0.15, 0.2) is 0 Å². The van der Waals surface area contributed by atoms with Crippen molar-refractivity contribution < 1.29 is 4.74 Å². The molecule has 0 aromatic carbocycles. The molecule has 0 aliphatic heterocycles. The van der Waals surface area contributed by atoms with Crippen LogP contribution in [0.1, 0.15) is 45.4 Å². The summed E-state index contributed by atoms with van der Waals surface area (Å²) in [7, 11) is 1.82. The van der Waals surface area contributed by atoms with Gasteiger partial charge in [0, 0.05) is 6.61 Å². The number of ether oxygens (including phenoxy) is 1. The second kappa shape index (κ2) is 7.65. The number of rotatable bonds is 6. The van der Waals surface area contributed by atoms with Crippen molar-refractivity contribution in [3.05, 3.63) is 0 Å². The summed E-state index contributed by atoms with van der Waals surface area (Å²) < 4.78 is 5.86. The SMILES string of the molecule is CCC1CCCC(OCCC(C#N)NC)C1. The van der Waals surface area contributed by atoms with Crippen LogP contribution in [0.4, 0.5) is 0 Å². The van der Waals surface area contributed by atoms with E-state index in [1.807, 2.05) is 7.05 Å².